The van der Waals surface area contributed by atoms with E-state index in [-0.39, 0.29) is 29.6 Å². The van der Waals surface area contributed by atoms with E-state index in [1.807, 2.05) is 4.90 Å². The first-order valence-corrected chi connectivity index (χ1v) is 14.7. The summed E-state index contributed by atoms with van der Waals surface area (Å²) in [5.74, 6) is -0.371. The number of pyridine rings is 1. The largest absolute Gasteiger partial charge is 0.508 e. The van der Waals surface area contributed by atoms with Gasteiger partial charge in [-0.25, -0.2) is 13.6 Å². The lowest BCUT2D eigenvalue weighted by atomic mass is 9.95. The van der Waals surface area contributed by atoms with Crippen LogP contribution in [0.1, 0.15) is 19.3 Å². The summed E-state index contributed by atoms with van der Waals surface area (Å²) in [4.78, 5) is 31.0. The molecule has 4 aromatic rings. The average molecular weight is 610 g/mol. The number of hydrogen-bond donors (Lipinski definition) is 2. The number of aromatic nitrogens is 3. The monoisotopic (exact) mass is 609 g/mol. The number of ether oxygens (including phenoxy) is 1. The van der Waals surface area contributed by atoms with Crippen LogP contribution in [-0.4, -0.2) is 93.5 Å². The summed E-state index contributed by atoms with van der Waals surface area (Å²) in [6.45, 7) is 2.92. The molecule has 2 aromatic carbocycles. The van der Waals surface area contributed by atoms with Crippen molar-refractivity contribution in [3.63, 3.8) is 0 Å². The fraction of sp³-hybridized carbons (Fsp3) is 0.400. The van der Waals surface area contributed by atoms with E-state index in [1.165, 1.54) is 17.2 Å². The van der Waals surface area contributed by atoms with Crippen LogP contribution in [0.3, 0.4) is 0 Å². The first-order chi connectivity index (χ1) is 20.7. The van der Waals surface area contributed by atoms with Gasteiger partial charge in [0.15, 0.2) is 5.82 Å². The van der Waals surface area contributed by atoms with Crippen molar-refractivity contribution in [2.24, 2.45) is 5.73 Å². The number of nitrogens with two attached hydrogens (primary N) is 1. The van der Waals surface area contributed by atoms with Crippen LogP contribution in [0.5, 0.6) is 11.8 Å². The van der Waals surface area contributed by atoms with Crippen LogP contribution in [0, 0.1) is 5.82 Å². The van der Waals surface area contributed by atoms with Gasteiger partial charge >= 0.3 is 12.0 Å². The van der Waals surface area contributed by atoms with Crippen LogP contribution in [-0.2, 0) is 0 Å². The van der Waals surface area contributed by atoms with E-state index in [1.54, 1.807) is 24.3 Å². The second kappa shape index (κ2) is 10.6. The number of carbonyl (C=O) groups is 1. The number of aromatic hydroxyl groups is 1. The summed E-state index contributed by atoms with van der Waals surface area (Å²) in [7, 11) is 0. The lowest BCUT2D eigenvalue weighted by Crippen LogP contribution is -2.50. The van der Waals surface area contributed by atoms with Crippen LogP contribution in [0.15, 0.2) is 36.5 Å². The molecule has 7 rings (SSSR count). The maximum Gasteiger partial charge on any atom is 0.319 e. The van der Waals surface area contributed by atoms with Crippen LogP contribution in [0.4, 0.5) is 19.4 Å². The highest BCUT2D eigenvalue weighted by Gasteiger charge is 2.49. The van der Waals surface area contributed by atoms with Gasteiger partial charge in [-0.15, -0.1) is 0 Å². The maximum absolute atomic E-state index is 16.6. The minimum atomic E-state index is -0.923. The summed E-state index contributed by atoms with van der Waals surface area (Å²) in [6.07, 6.45) is 2.71. The number of urea groups is 1. The van der Waals surface area contributed by atoms with Crippen LogP contribution < -0.4 is 15.4 Å². The first-order valence-electron chi connectivity index (χ1n) is 14.3. The molecule has 13 heteroatoms. The normalized spacial score (nSPS) is 22.4. The highest BCUT2D eigenvalue weighted by molar-refractivity contribution is 6.36. The number of hydrogen-bond acceptors (Lipinski definition) is 8. The molecule has 0 spiro atoms. The van der Waals surface area contributed by atoms with Gasteiger partial charge in [-0.05, 0) is 43.0 Å². The molecule has 3 aliphatic heterocycles. The second-order valence-corrected chi connectivity index (χ2v) is 11.9. The van der Waals surface area contributed by atoms with E-state index in [2.05, 4.69) is 19.9 Å². The number of halogens is 3. The van der Waals surface area contributed by atoms with Crippen molar-refractivity contribution >= 4 is 45.1 Å². The molecule has 3 saturated heterocycles. The number of alkyl halides is 1. The lowest BCUT2D eigenvalue weighted by molar-refractivity contribution is 0.107. The molecule has 3 N–H and O–H groups in total. The SMILES string of the molecule is NC(=O)N1CCN(c2nc(OC[C@@]34CCCN3C[C@H](F)C4)nc3c(F)c(-c4cc(O)cc5cccc(Cl)c45)ncc23)CC1. The Hall–Kier alpha value is -4.03. The third-order valence-electron chi connectivity index (χ3n) is 8.93. The number of phenolic OH excluding ortho intramolecular Hbond substituents is 1. The zero-order chi connectivity index (χ0) is 29.9. The third-order valence-corrected chi connectivity index (χ3v) is 9.25. The number of carbonyl (C=O) groups excluding carboxylic acids is 1. The van der Waals surface area contributed by atoms with Crippen LogP contribution in [0.25, 0.3) is 32.9 Å². The predicted molar refractivity (Wildman–Crippen MR) is 159 cm³/mol. The molecule has 0 unspecified atom stereocenters. The quantitative estimate of drug-likeness (QED) is 0.339. The zero-order valence-electron chi connectivity index (χ0n) is 23.3. The minimum Gasteiger partial charge on any atom is -0.508 e. The van der Waals surface area contributed by atoms with E-state index >= 15 is 4.39 Å². The lowest BCUT2D eigenvalue weighted by Gasteiger charge is -2.35. The average Bonchev–Trinajstić information content (AvgIpc) is 3.51. The molecule has 10 nitrogen and oxygen atoms in total. The van der Waals surface area contributed by atoms with Crippen molar-refractivity contribution in [3.05, 3.63) is 47.4 Å². The zero-order valence-corrected chi connectivity index (χ0v) is 24.0. The highest BCUT2D eigenvalue weighted by Crippen LogP contribution is 2.42. The number of primary amides is 1. The van der Waals surface area contributed by atoms with Gasteiger partial charge in [0.05, 0.1) is 10.9 Å². The molecule has 3 aliphatic rings. The number of phenols is 1. The smallest absolute Gasteiger partial charge is 0.319 e. The molecular weight excluding hydrogens is 580 g/mol. The van der Waals surface area contributed by atoms with Gasteiger partial charge in [0, 0.05) is 61.3 Å². The Morgan fingerprint density at radius 1 is 1.19 bits per heavy atom. The molecule has 2 atom stereocenters. The summed E-state index contributed by atoms with van der Waals surface area (Å²) in [5, 5.41) is 12.4. The van der Waals surface area contributed by atoms with Gasteiger partial charge in [0.1, 0.15) is 35.6 Å². The molecule has 0 bridgehead atoms. The van der Waals surface area contributed by atoms with E-state index in [0.29, 0.717) is 71.7 Å². The van der Waals surface area contributed by atoms with Crippen molar-refractivity contribution in [2.75, 3.05) is 50.8 Å². The Kier molecular flexibility index (Phi) is 6.85. The van der Waals surface area contributed by atoms with Gasteiger partial charge in [-0.1, -0.05) is 23.7 Å². The molecule has 224 valence electrons. The van der Waals surface area contributed by atoms with Gasteiger partial charge in [0.2, 0.25) is 0 Å². The second-order valence-electron chi connectivity index (χ2n) is 11.5. The molecule has 2 aromatic heterocycles. The van der Waals surface area contributed by atoms with E-state index in [4.69, 9.17) is 22.1 Å². The minimum absolute atomic E-state index is 0.0126. The van der Waals surface area contributed by atoms with Crippen molar-refractivity contribution in [2.45, 2.75) is 31.0 Å². The summed E-state index contributed by atoms with van der Waals surface area (Å²) < 4.78 is 37.1. The van der Waals surface area contributed by atoms with E-state index in [0.717, 1.165) is 19.4 Å². The molecule has 0 radical (unpaired) electrons. The van der Waals surface area contributed by atoms with E-state index in [9.17, 15) is 14.3 Å². The van der Waals surface area contributed by atoms with Gasteiger partial charge in [0.25, 0.3) is 0 Å². The first kappa shape index (κ1) is 27.8. The highest BCUT2D eigenvalue weighted by atomic mass is 35.5. The third kappa shape index (κ3) is 4.82. The van der Waals surface area contributed by atoms with Crippen LogP contribution >= 0.6 is 11.6 Å². The number of amides is 2. The van der Waals surface area contributed by atoms with Crippen molar-refractivity contribution < 1.29 is 23.4 Å². The van der Waals surface area contributed by atoms with Gasteiger partial charge in [-0.2, -0.15) is 9.97 Å². The topological polar surface area (TPSA) is 121 Å². The fourth-order valence-corrected chi connectivity index (χ4v) is 7.14. The maximum atomic E-state index is 16.6. The van der Waals surface area contributed by atoms with Crippen LogP contribution in [0.2, 0.25) is 5.02 Å². The summed E-state index contributed by atoms with van der Waals surface area (Å²) in [5.41, 5.74) is 5.30. The summed E-state index contributed by atoms with van der Waals surface area (Å²) in [6, 6.07) is 7.66. The molecule has 2 amide bonds. The number of rotatable bonds is 5. The fourth-order valence-electron chi connectivity index (χ4n) is 6.85. The Labute approximate surface area is 251 Å². The number of anilines is 1. The van der Waals surface area contributed by atoms with Gasteiger partial charge < -0.3 is 25.4 Å². The number of nitrogens with zero attached hydrogens (tertiary/aromatic N) is 6. The van der Waals surface area contributed by atoms with Gasteiger partial charge in [-0.3, -0.25) is 9.88 Å². The number of benzene rings is 2. The Balaban J connectivity index is 1.33. The Morgan fingerprint density at radius 3 is 2.79 bits per heavy atom. The number of fused-ring (bicyclic) bond motifs is 3. The molecule has 0 aliphatic carbocycles. The molecule has 3 fully saturated rings. The predicted octanol–water partition coefficient (Wildman–Crippen LogP) is 4.50. The van der Waals surface area contributed by atoms with Crippen molar-refractivity contribution in [3.8, 4) is 23.0 Å². The molecule has 5 heterocycles. The molecule has 0 saturated carbocycles. The summed E-state index contributed by atoms with van der Waals surface area (Å²) >= 11 is 6.53. The standard InChI is InChI=1S/C30H30ClF2N7O3/c31-22-4-1-3-17-11-19(41)12-20(23(17)22)25-24(33)26-21(14-35-25)27(38-7-9-39(10-8-38)28(34)42)37-29(36-26)43-16-30-5-2-6-40(30)15-18(32)13-30/h1,3-4,11-12,14,18,41H,2,5-10,13,15-16H2,(H2,34,42)/t18-,30+/m1/s1. The Morgan fingerprint density at radius 2 is 2.00 bits per heavy atom. The van der Waals surface area contributed by atoms with Crippen molar-refractivity contribution in [1.82, 2.24) is 24.8 Å². The molecule has 43 heavy (non-hydrogen) atoms. The van der Waals surface area contributed by atoms with E-state index < -0.39 is 23.6 Å². The Bertz CT molecular complexity index is 1750. The molecular formula is C30H30ClF2N7O3. The van der Waals surface area contributed by atoms with Crippen molar-refractivity contribution in [1.29, 1.82) is 0 Å². The number of piperazine rings is 1.